The van der Waals surface area contributed by atoms with Crippen molar-refractivity contribution in [2.45, 2.75) is 58.9 Å². The molecule has 2 amide bonds. The summed E-state index contributed by atoms with van der Waals surface area (Å²) in [5.41, 5.74) is 3.99. The molecule has 1 fully saturated rings. The average Bonchev–Trinajstić information content (AvgIpc) is 2.92. The Kier molecular flexibility index (Phi) is 5.91. The number of aryl methyl sites for hydroxylation is 1. The summed E-state index contributed by atoms with van der Waals surface area (Å²) >= 11 is 0. The first-order valence-electron chi connectivity index (χ1n) is 9.34. The number of benzene rings is 1. The van der Waals surface area contributed by atoms with Crippen LogP contribution < -0.4 is 16.0 Å². The van der Waals surface area contributed by atoms with Crippen molar-refractivity contribution in [3.8, 4) is 0 Å². The number of carbonyl (C=O) groups excluding carboxylic acids is 2. The lowest BCUT2D eigenvalue weighted by atomic mass is 10.1. The normalized spacial score (nSPS) is 19.6. The Morgan fingerprint density at radius 1 is 1.30 bits per heavy atom. The molecule has 2 atom stereocenters. The molecule has 0 spiro atoms. The molecule has 27 heavy (non-hydrogen) atoms. The summed E-state index contributed by atoms with van der Waals surface area (Å²) in [6, 6.07) is 9.96. The highest BCUT2D eigenvalue weighted by Gasteiger charge is 2.26. The number of nitrogens with one attached hydrogen (secondary N) is 3. The van der Waals surface area contributed by atoms with E-state index in [1.54, 1.807) is 4.68 Å². The van der Waals surface area contributed by atoms with E-state index < -0.39 is 0 Å². The summed E-state index contributed by atoms with van der Waals surface area (Å²) < 4.78 is 1.81. The van der Waals surface area contributed by atoms with Crippen molar-refractivity contribution in [1.82, 2.24) is 25.7 Å². The minimum Gasteiger partial charge on any atom is -0.352 e. The molecule has 0 bridgehead atoms. The Labute approximate surface area is 159 Å². The van der Waals surface area contributed by atoms with E-state index in [0.717, 1.165) is 22.5 Å². The van der Waals surface area contributed by atoms with Gasteiger partial charge in [-0.05, 0) is 38.3 Å². The Morgan fingerprint density at radius 3 is 2.74 bits per heavy atom. The zero-order valence-electron chi connectivity index (χ0n) is 16.1. The molecule has 0 radical (unpaired) electrons. The summed E-state index contributed by atoms with van der Waals surface area (Å²) in [7, 11) is 0. The Morgan fingerprint density at radius 2 is 2.04 bits per heavy atom. The first kappa shape index (κ1) is 19.1. The second kappa shape index (κ2) is 8.35. The minimum absolute atomic E-state index is 0.0145. The average molecular weight is 369 g/mol. The van der Waals surface area contributed by atoms with Gasteiger partial charge in [0, 0.05) is 31.1 Å². The van der Waals surface area contributed by atoms with Gasteiger partial charge >= 0.3 is 0 Å². The van der Waals surface area contributed by atoms with Crippen LogP contribution in [0.15, 0.2) is 30.3 Å². The molecule has 144 valence electrons. The van der Waals surface area contributed by atoms with E-state index >= 15 is 0 Å². The highest BCUT2D eigenvalue weighted by Crippen LogP contribution is 2.19. The standard InChI is InChI=1S/C20H27N5O2/c1-13-11-19(27)23-20(22-13)25-15(3)17(14(2)24-25)9-10-18(26)21-12-16-7-5-4-6-8-16/h4-8,13,20,22H,9-12H2,1-3H3,(H,21,26)(H,23,27). The SMILES string of the molecule is Cc1nn(C2NC(=O)CC(C)N2)c(C)c1CCC(=O)NCc1ccccc1. The smallest absolute Gasteiger partial charge is 0.224 e. The van der Waals surface area contributed by atoms with Gasteiger partial charge in [0.1, 0.15) is 0 Å². The first-order valence-corrected chi connectivity index (χ1v) is 9.34. The second-order valence-electron chi connectivity index (χ2n) is 7.10. The van der Waals surface area contributed by atoms with Gasteiger partial charge in [0.15, 0.2) is 6.29 Å². The van der Waals surface area contributed by atoms with Gasteiger partial charge in [-0.1, -0.05) is 30.3 Å². The summed E-state index contributed by atoms with van der Waals surface area (Å²) in [5, 5.41) is 13.8. The highest BCUT2D eigenvalue weighted by molar-refractivity contribution is 5.77. The summed E-state index contributed by atoms with van der Waals surface area (Å²) in [5.74, 6) is 0.0313. The van der Waals surface area contributed by atoms with Gasteiger partial charge in [0.25, 0.3) is 0 Å². The number of hydrogen-bond acceptors (Lipinski definition) is 4. The van der Waals surface area contributed by atoms with Crippen LogP contribution in [0.4, 0.5) is 0 Å². The van der Waals surface area contributed by atoms with Gasteiger partial charge in [0.2, 0.25) is 11.8 Å². The molecule has 1 aliphatic rings. The van der Waals surface area contributed by atoms with Crippen molar-refractivity contribution >= 4 is 11.8 Å². The van der Waals surface area contributed by atoms with Gasteiger partial charge in [-0.25, -0.2) is 4.68 Å². The van der Waals surface area contributed by atoms with E-state index in [-0.39, 0.29) is 24.1 Å². The molecule has 7 nitrogen and oxygen atoms in total. The van der Waals surface area contributed by atoms with Gasteiger partial charge in [-0.3, -0.25) is 14.9 Å². The van der Waals surface area contributed by atoms with E-state index in [0.29, 0.717) is 25.8 Å². The molecule has 1 aromatic heterocycles. The maximum Gasteiger partial charge on any atom is 0.224 e. The molecular formula is C20H27N5O2. The van der Waals surface area contributed by atoms with Crippen LogP contribution in [0.5, 0.6) is 0 Å². The first-order chi connectivity index (χ1) is 12.9. The molecule has 0 aliphatic carbocycles. The summed E-state index contributed by atoms with van der Waals surface area (Å²) in [6.45, 7) is 6.43. The molecule has 2 aromatic rings. The van der Waals surface area contributed by atoms with Gasteiger partial charge < -0.3 is 10.6 Å². The van der Waals surface area contributed by atoms with Gasteiger partial charge in [-0.15, -0.1) is 0 Å². The molecule has 1 aliphatic heterocycles. The lowest BCUT2D eigenvalue weighted by molar-refractivity contribution is -0.125. The molecule has 2 unspecified atom stereocenters. The van der Waals surface area contributed by atoms with E-state index in [9.17, 15) is 9.59 Å². The van der Waals surface area contributed by atoms with E-state index in [1.807, 2.05) is 51.1 Å². The number of carbonyl (C=O) groups is 2. The van der Waals surface area contributed by atoms with Crippen LogP contribution in [0.25, 0.3) is 0 Å². The van der Waals surface area contributed by atoms with Crippen molar-refractivity contribution < 1.29 is 9.59 Å². The molecule has 0 saturated carbocycles. The maximum atomic E-state index is 12.2. The molecule has 7 heteroatoms. The predicted molar refractivity (Wildman–Crippen MR) is 103 cm³/mol. The fraction of sp³-hybridized carbons (Fsp3) is 0.450. The Balaban J connectivity index is 1.59. The van der Waals surface area contributed by atoms with Crippen molar-refractivity contribution in [2.75, 3.05) is 0 Å². The Hall–Kier alpha value is -2.67. The minimum atomic E-state index is -0.347. The van der Waals surface area contributed by atoms with Crippen LogP contribution in [0.3, 0.4) is 0 Å². The van der Waals surface area contributed by atoms with Crippen molar-refractivity contribution in [1.29, 1.82) is 0 Å². The number of nitrogens with zero attached hydrogens (tertiary/aromatic N) is 2. The van der Waals surface area contributed by atoms with Gasteiger partial charge in [-0.2, -0.15) is 5.10 Å². The van der Waals surface area contributed by atoms with Gasteiger partial charge in [0.05, 0.1) is 5.69 Å². The third-order valence-corrected chi connectivity index (χ3v) is 4.89. The van der Waals surface area contributed by atoms with E-state index in [1.165, 1.54) is 0 Å². The quantitative estimate of drug-likeness (QED) is 0.723. The van der Waals surface area contributed by atoms with Crippen LogP contribution in [0.2, 0.25) is 0 Å². The third-order valence-electron chi connectivity index (χ3n) is 4.89. The number of amides is 2. The number of rotatable bonds is 6. The predicted octanol–water partition coefficient (Wildman–Crippen LogP) is 1.70. The fourth-order valence-corrected chi connectivity index (χ4v) is 3.42. The molecular weight excluding hydrogens is 342 g/mol. The van der Waals surface area contributed by atoms with Crippen LogP contribution in [-0.4, -0.2) is 27.6 Å². The molecule has 1 aromatic carbocycles. The largest absolute Gasteiger partial charge is 0.352 e. The number of aromatic nitrogens is 2. The lowest BCUT2D eigenvalue weighted by Gasteiger charge is -2.30. The van der Waals surface area contributed by atoms with Crippen molar-refractivity contribution in [3.05, 3.63) is 52.8 Å². The van der Waals surface area contributed by atoms with Crippen molar-refractivity contribution in [3.63, 3.8) is 0 Å². The van der Waals surface area contributed by atoms with Crippen LogP contribution in [0.1, 0.15) is 48.6 Å². The lowest BCUT2D eigenvalue weighted by Crippen LogP contribution is -2.52. The van der Waals surface area contributed by atoms with Crippen LogP contribution >= 0.6 is 0 Å². The topological polar surface area (TPSA) is 88.1 Å². The number of hydrogen-bond donors (Lipinski definition) is 3. The van der Waals surface area contributed by atoms with Crippen LogP contribution in [0, 0.1) is 13.8 Å². The monoisotopic (exact) mass is 369 g/mol. The molecule has 1 saturated heterocycles. The zero-order chi connectivity index (χ0) is 19.4. The van der Waals surface area contributed by atoms with E-state index in [4.69, 9.17) is 0 Å². The highest BCUT2D eigenvalue weighted by atomic mass is 16.2. The van der Waals surface area contributed by atoms with Crippen molar-refractivity contribution in [2.24, 2.45) is 0 Å². The fourth-order valence-electron chi connectivity index (χ4n) is 3.42. The Bertz CT molecular complexity index is 815. The molecule has 3 rings (SSSR count). The molecule has 3 N–H and O–H groups in total. The van der Waals surface area contributed by atoms with Crippen LogP contribution in [-0.2, 0) is 22.6 Å². The zero-order valence-corrected chi connectivity index (χ0v) is 16.1. The third kappa shape index (κ3) is 4.74. The van der Waals surface area contributed by atoms with E-state index in [2.05, 4.69) is 21.0 Å². The maximum absolute atomic E-state index is 12.2. The summed E-state index contributed by atoms with van der Waals surface area (Å²) in [4.78, 5) is 24.0. The second-order valence-corrected chi connectivity index (χ2v) is 7.10. The summed E-state index contributed by atoms with van der Waals surface area (Å²) in [6.07, 6.45) is 1.14. The molecule has 2 heterocycles.